The summed E-state index contributed by atoms with van der Waals surface area (Å²) in [7, 11) is 3.78. The van der Waals surface area contributed by atoms with Crippen LogP contribution in [0.15, 0.2) is 12.1 Å². The highest BCUT2D eigenvalue weighted by atomic mass is 16.5. The van der Waals surface area contributed by atoms with Crippen LogP contribution in [0.2, 0.25) is 0 Å². The van der Waals surface area contributed by atoms with E-state index in [-0.39, 0.29) is 0 Å². The summed E-state index contributed by atoms with van der Waals surface area (Å²) in [6.45, 7) is 5.18. The number of aromatic amines is 1. The molecule has 0 radical (unpaired) electrons. The second-order valence-electron chi connectivity index (χ2n) is 5.87. The fraction of sp³-hybridized carbons (Fsp3) is 0.600. The number of fused-ring (bicyclic) bond motifs is 1. The molecule has 120 valence electrons. The Kier molecular flexibility index (Phi) is 4.87. The molecule has 3 heterocycles. The molecule has 0 atom stereocenters. The fourth-order valence-electron chi connectivity index (χ4n) is 2.83. The van der Waals surface area contributed by atoms with E-state index in [1.54, 1.807) is 7.11 Å². The first-order valence-electron chi connectivity index (χ1n) is 7.71. The molecule has 0 bridgehead atoms. The standard InChI is InChI=1S/C15H24N6O/c1-20(9-12-6-14(11-22-2)18-17-12)10-13-7-15-8-16-4-3-5-21(15)19-13/h6-7,16H,3-5,8-11H2,1-2H3,(H,17,18). The molecule has 2 N–H and O–H groups in total. The van der Waals surface area contributed by atoms with Crippen molar-refractivity contribution in [1.29, 1.82) is 0 Å². The maximum absolute atomic E-state index is 5.10. The van der Waals surface area contributed by atoms with E-state index in [0.717, 1.165) is 56.2 Å². The molecule has 0 fully saturated rings. The van der Waals surface area contributed by atoms with Gasteiger partial charge in [0.2, 0.25) is 0 Å². The molecule has 0 saturated heterocycles. The number of nitrogens with one attached hydrogen (secondary N) is 2. The first kappa shape index (κ1) is 15.2. The molecule has 7 heteroatoms. The molecule has 2 aromatic heterocycles. The van der Waals surface area contributed by atoms with Crippen molar-refractivity contribution in [3.63, 3.8) is 0 Å². The van der Waals surface area contributed by atoms with Crippen LogP contribution in [0.25, 0.3) is 0 Å². The SMILES string of the molecule is COCc1cc(CN(C)Cc2cc3n(n2)CCCNC3)n[nH]1. The van der Waals surface area contributed by atoms with Gasteiger partial charge in [-0.2, -0.15) is 10.2 Å². The highest BCUT2D eigenvalue weighted by Crippen LogP contribution is 2.11. The third-order valence-corrected chi connectivity index (χ3v) is 3.79. The van der Waals surface area contributed by atoms with E-state index in [4.69, 9.17) is 9.84 Å². The van der Waals surface area contributed by atoms with Gasteiger partial charge in [-0.05, 0) is 32.1 Å². The predicted molar refractivity (Wildman–Crippen MR) is 83.0 cm³/mol. The molecule has 0 aliphatic carbocycles. The van der Waals surface area contributed by atoms with Crippen molar-refractivity contribution in [2.75, 3.05) is 20.7 Å². The molecular weight excluding hydrogens is 280 g/mol. The summed E-state index contributed by atoms with van der Waals surface area (Å²) < 4.78 is 7.23. The summed E-state index contributed by atoms with van der Waals surface area (Å²) in [4.78, 5) is 2.22. The van der Waals surface area contributed by atoms with Crippen molar-refractivity contribution in [2.24, 2.45) is 0 Å². The van der Waals surface area contributed by atoms with E-state index in [0.29, 0.717) is 6.61 Å². The molecule has 0 saturated carbocycles. The van der Waals surface area contributed by atoms with Crippen LogP contribution in [0.5, 0.6) is 0 Å². The maximum atomic E-state index is 5.10. The quantitative estimate of drug-likeness (QED) is 0.829. The van der Waals surface area contributed by atoms with Gasteiger partial charge >= 0.3 is 0 Å². The Labute approximate surface area is 130 Å². The van der Waals surface area contributed by atoms with Crippen molar-refractivity contribution >= 4 is 0 Å². The molecular formula is C15H24N6O. The lowest BCUT2D eigenvalue weighted by molar-refractivity contribution is 0.181. The molecule has 1 aliphatic rings. The molecule has 0 unspecified atom stereocenters. The molecule has 1 aliphatic heterocycles. The molecule has 22 heavy (non-hydrogen) atoms. The normalized spacial score (nSPS) is 15.0. The lowest BCUT2D eigenvalue weighted by atomic mass is 10.3. The minimum Gasteiger partial charge on any atom is -0.378 e. The Morgan fingerprint density at radius 2 is 2.18 bits per heavy atom. The number of hydrogen-bond donors (Lipinski definition) is 2. The Bertz CT molecular complexity index is 581. The van der Waals surface area contributed by atoms with Crippen molar-refractivity contribution in [3.8, 4) is 0 Å². The van der Waals surface area contributed by atoms with Crippen LogP contribution in [-0.4, -0.2) is 45.6 Å². The molecule has 0 aromatic carbocycles. The highest BCUT2D eigenvalue weighted by Gasteiger charge is 2.12. The number of ether oxygens (including phenoxy) is 1. The number of aryl methyl sites for hydroxylation is 1. The molecule has 0 spiro atoms. The van der Waals surface area contributed by atoms with Crippen LogP contribution in [0.4, 0.5) is 0 Å². The van der Waals surface area contributed by atoms with Gasteiger partial charge < -0.3 is 10.1 Å². The average Bonchev–Trinajstić information content (AvgIpc) is 3.01. The van der Waals surface area contributed by atoms with E-state index in [9.17, 15) is 0 Å². The summed E-state index contributed by atoms with van der Waals surface area (Å²) in [6, 6.07) is 4.25. The predicted octanol–water partition coefficient (Wildman–Crippen LogP) is 0.878. The number of rotatable bonds is 6. The van der Waals surface area contributed by atoms with Gasteiger partial charge in [0.25, 0.3) is 0 Å². The van der Waals surface area contributed by atoms with E-state index in [1.807, 2.05) is 6.07 Å². The average molecular weight is 304 g/mol. The Balaban J connectivity index is 1.58. The summed E-state index contributed by atoms with van der Waals surface area (Å²) in [5.41, 5.74) is 4.43. The van der Waals surface area contributed by atoms with Gasteiger partial charge in [-0.1, -0.05) is 0 Å². The third kappa shape index (κ3) is 3.73. The third-order valence-electron chi connectivity index (χ3n) is 3.79. The lowest BCUT2D eigenvalue weighted by Gasteiger charge is -2.13. The smallest absolute Gasteiger partial charge is 0.0878 e. The van der Waals surface area contributed by atoms with Gasteiger partial charge in [0.05, 0.1) is 29.4 Å². The number of H-pyrrole nitrogens is 1. The van der Waals surface area contributed by atoms with Crippen molar-refractivity contribution in [3.05, 3.63) is 34.9 Å². The van der Waals surface area contributed by atoms with Crippen molar-refractivity contribution < 1.29 is 4.74 Å². The minimum absolute atomic E-state index is 0.567. The topological polar surface area (TPSA) is 71.0 Å². The zero-order valence-corrected chi connectivity index (χ0v) is 13.3. The van der Waals surface area contributed by atoms with E-state index >= 15 is 0 Å². The number of nitrogens with zero attached hydrogens (tertiary/aromatic N) is 4. The van der Waals surface area contributed by atoms with Crippen LogP contribution < -0.4 is 5.32 Å². The van der Waals surface area contributed by atoms with E-state index in [2.05, 4.69) is 38.2 Å². The Hall–Kier alpha value is -1.70. The zero-order valence-electron chi connectivity index (χ0n) is 13.3. The second kappa shape index (κ2) is 7.04. The van der Waals surface area contributed by atoms with Gasteiger partial charge in [0.1, 0.15) is 0 Å². The Morgan fingerprint density at radius 3 is 3.05 bits per heavy atom. The first-order chi connectivity index (χ1) is 10.7. The van der Waals surface area contributed by atoms with Crippen LogP contribution in [-0.2, 0) is 37.5 Å². The van der Waals surface area contributed by atoms with Crippen LogP contribution >= 0.6 is 0 Å². The second-order valence-corrected chi connectivity index (χ2v) is 5.87. The van der Waals surface area contributed by atoms with E-state index in [1.165, 1.54) is 5.69 Å². The van der Waals surface area contributed by atoms with Crippen LogP contribution in [0.3, 0.4) is 0 Å². The van der Waals surface area contributed by atoms with Gasteiger partial charge in [-0.15, -0.1) is 0 Å². The van der Waals surface area contributed by atoms with Gasteiger partial charge in [-0.25, -0.2) is 0 Å². The lowest BCUT2D eigenvalue weighted by Crippen LogP contribution is -2.18. The summed E-state index contributed by atoms with van der Waals surface area (Å²) in [5.74, 6) is 0. The summed E-state index contributed by atoms with van der Waals surface area (Å²) >= 11 is 0. The van der Waals surface area contributed by atoms with Gasteiger partial charge in [-0.3, -0.25) is 14.7 Å². The number of methoxy groups -OCH3 is 1. The molecule has 0 amide bonds. The maximum Gasteiger partial charge on any atom is 0.0878 e. The first-order valence-corrected chi connectivity index (χ1v) is 7.71. The molecule has 7 nitrogen and oxygen atoms in total. The van der Waals surface area contributed by atoms with E-state index < -0.39 is 0 Å². The van der Waals surface area contributed by atoms with Crippen molar-refractivity contribution in [1.82, 2.24) is 30.2 Å². The largest absolute Gasteiger partial charge is 0.378 e. The fourth-order valence-corrected chi connectivity index (χ4v) is 2.83. The number of aromatic nitrogens is 4. The van der Waals surface area contributed by atoms with Gasteiger partial charge in [0, 0.05) is 33.3 Å². The molecule has 3 rings (SSSR count). The zero-order chi connectivity index (χ0) is 15.4. The minimum atomic E-state index is 0.567. The number of hydrogen-bond acceptors (Lipinski definition) is 5. The highest BCUT2D eigenvalue weighted by molar-refractivity contribution is 5.12. The Morgan fingerprint density at radius 1 is 1.32 bits per heavy atom. The molecule has 2 aromatic rings. The summed E-state index contributed by atoms with van der Waals surface area (Å²) in [6.07, 6.45) is 1.14. The van der Waals surface area contributed by atoms with Gasteiger partial charge in [0.15, 0.2) is 0 Å². The van der Waals surface area contributed by atoms with Crippen LogP contribution in [0.1, 0.15) is 29.2 Å². The van der Waals surface area contributed by atoms with Crippen molar-refractivity contribution in [2.45, 2.75) is 39.2 Å². The summed E-state index contributed by atoms with van der Waals surface area (Å²) in [5, 5.41) is 15.4. The van der Waals surface area contributed by atoms with Crippen LogP contribution in [0, 0.1) is 0 Å². The monoisotopic (exact) mass is 304 g/mol.